The smallest absolute Gasteiger partial charge is 0.152 e. The van der Waals surface area contributed by atoms with Crippen LogP contribution in [0.3, 0.4) is 0 Å². The average Bonchev–Trinajstić information content (AvgIpc) is 2.28. The Morgan fingerprint density at radius 3 is 3.06 bits per heavy atom. The van der Waals surface area contributed by atoms with Crippen LogP contribution in [-0.2, 0) is 0 Å². The second-order valence-electron chi connectivity index (χ2n) is 3.95. The third-order valence-electron chi connectivity index (χ3n) is 2.70. The summed E-state index contributed by atoms with van der Waals surface area (Å²) in [5.41, 5.74) is 1.69. The first-order valence-corrected chi connectivity index (χ1v) is 6.74. The first kappa shape index (κ1) is 11.8. The molecular formula is C12H14ClNOS. The summed E-state index contributed by atoms with van der Waals surface area (Å²) in [7, 11) is 0. The van der Waals surface area contributed by atoms with E-state index in [0.29, 0.717) is 15.8 Å². The highest BCUT2D eigenvalue weighted by Crippen LogP contribution is 2.27. The molecule has 2 rings (SSSR count). The lowest BCUT2D eigenvalue weighted by Gasteiger charge is -2.33. The van der Waals surface area contributed by atoms with Gasteiger partial charge >= 0.3 is 0 Å². The predicted molar refractivity (Wildman–Crippen MR) is 71.0 cm³/mol. The van der Waals surface area contributed by atoms with Gasteiger partial charge in [0.2, 0.25) is 0 Å². The number of hydrogen-bond donors (Lipinski definition) is 0. The van der Waals surface area contributed by atoms with E-state index in [1.54, 1.807) is 6.07 Å². The largest absolute Gasteiger partial charge is 0.369 e. The third-order valence-corrected chi connectivity index (χ3v) is 4.07. The van der Waals surface area contributed by atoms with E-state index in [9.17, 15) is 4.79 Å². The van der Waals surface area contributed by atoms with Gasteiger partial charge in [-0.1, -0.05) is 18.5 Å². The molecule has 1 aromatic rings. The van der Waals surface area contributed by atoms with Crippen LogP contribution < -0.4 is 4.90 Å². The molecule has 2 nitrogen and oxygen atoms in total. The maximum Gasteiger partial charge on any atom is 0.152 e. The van der Waals surface area contributed by atoms with Crippen LogP contribution in [0.1, 0.15) is 17.3 Å². The molecule has 1 atom stereocenters. The molecule has 1 saturated heterocycles. The zero-order valence-electron chi connectivity index (χ0n) is 9.15. The molecule has 0 spiro atoms. The van der Waals surface area contributed by atoms with Gasteiger partial charge in [0.15, 0.2) is 6.29 Å². The average molecular weight is 256 g/mol. The highest BCUT2D eigenvalue weighted by Gasteiger charge is 2.19. The zero-order valence-corrected chi connectivity index (χ0v) is 10.7. The van der Waals surface area contributed by atoms with Crippen LogP contribution in [0.25, 0.3) is 0 Å². The van der Waals surface area contributed by atoms with Gasteiger partial charge in [-0.2, -0.15) is 11.8 Å². The van der Waals surface area contributed by atoms with Crippen LogP contribution >= 0.6 is 23.4 Å². The molecule has 86 valence electrons. The third kappa shape index (κ3) is 2.53. The number of anilines is 1. The quantitative estimate of drug-likeness (QED) is 0.758. The minimum atomic E-state index is 0.615. The normalized spacial score (nSPS) is 20.9. The molecule has 0 aromatic heterocycles. The topological polar surface area (TPSA) is 20.3 Å². The van der Waals surface area contributed by atoms with Crippen LogP contribution in [0.4, 0.5) is 5.69 Å². The molecule has 0 aliphatic carbocycles. The summed E-state index contributed by atoms with van der Waals surface area (Å²) in [5.74, 6) is 1.11. The van der Waals surface area contributed by atoms with Crippen LogP contribution in [-0.4, -0.2) is 30.4 Å². The van der Waals surface area contributed by atoms with E-state index in [0.717, 1.165) is 30.8 Å². The van der Waals surface area contributed by atoms with E-state index < -0.39 is 0 Å². The Morgan fingerprint density at radius 2 is 2.38 bits per heavy atom. The summed E-state index contributed by atoms with van der Waals surface area (Å²) in [6, 6.07) is 5.52. The van der Waals surface area contributed by atoms with Crippen LogP contribution in [0.5, 0.6) is 0 Å². The van der Waals surface area contributed by atoms with E-state index in [1.165, 1.54) is 0 Å². The van der Waals surface area contributed by atoms with Crippen molar-refractivity contribution in [2.75, 3.05) is 23.7 Å². The molecule has 1 heterocycles. The van der Waals surface area contributed by atoms with Crippen molar-refractivity contribution in [2.24, 2.45) is 0 Å². The second-order valence-corrected chi connectivity index (χ2v) is 5.93. The maximum atomic E-state index is 11.0. The number of aldehydes is 1. The number of carbonyl (C=O) groups excluding carboxylic acids is 1. The SMILES string of the molecule is CC1CN(c2ccc(Cl)cc2C=O)CCS1. The van der Waals surface area contributed by atoms with Gasteiger partial charge in [-0.15, -0.1) is 0 Å². The minimum Gasteiger partial charge on any atom is -0.369 e. The Hall–Kier alpha value is -0.670. The van der Waals surface area contributed by atoms with Gasteiger partial charge in [-0.05, 0) is 18.2 Å². The molecule has 1 aromatic carbocycles. The van der Waals surface area contributed by atoms with Gasteiger partial charge in [0.05, 0.1) is 0 Å². The van der Waals surface area contributed by atoms with Crippen molar-refractivity contribution < 1.29 is 4.79 Å². The fourth-order valence-electron chi connectivity index (χ4n) is 1.94. The highest BCUT2D eigenvalue weighted by atomic mass is 35.5. The number of rotatable bonds is 2. The van der Waals surface area contributed by atoms with E-state index in [-0.39, 0.29) is 0 Å². The van der Waals surface area contributed by atoms with Crippen LogP contribution in [0.15, 0.2) is 18.2 Å². The minimum absolute atomic E-state index is 0.615. The lowest BCUT2D eigenvalue weighted by Crippen LogP contribution is -2.37. The number of benzene rings is 1. The number of thioether (sulfide) groups is 1. The molecule has 0 bridgehead atoms. The standard InChI is InChI=1S/C12H14ClNOS/c1-9-7-14(4-5-16-9)12-3-2-11(13)6-10(12)8-15/h2-3,6,8-9H,4-5,7H2,1H3. The molecule has 0 amide bonds. The monoisotopic (exact) mass is 255 g/mol. The van der Waals surface area contributed by atoms with Crippen molar-refractivity contribution in [1.82, 2.24) is 0 Å². The molecule has 1 fully saturated rings. The lowest BCUT2D eigenvalue weighted by atomic mass is 10.1. The highest BCUT2D eigenvalue weighted by molar-refractivity contribution is 8.00. The summed E-state index contributed by atoms with van der Waals surface area (Å²) in [4.78, 5) is 13.3. The number of carbonyl (C=O) groups is 1. The summed E-state index contributed by atoms with van der Waals surface area (Å²) in [5, 5.41) is 1.23. The van der Waals surface area contributed by atoms with E-state index >= 15 is 0 Å². The molecular weight excluding hydrogens is 242 g/mol. The number of nitrogens with zero attached hydrogens (tertiary/aromatic N) is 1. The fraction of sp³-hybridized carbons (Fsp3) is 0.417. The summed E-state index contributed by atoms with van der Waals surface area (Å²) < 4.78 is 0. The summed E-state index contributed by atoms with van der Waals surface area (Å²) >= 11 is 7.86. The second kappa shape index (κ2) is 5.11. The lowest BCUT2D eigenvalue weighted by molar-refractivity contribution is 0.112. The van der Waals surface area contributed by atoms with Gasteiger partial charge in [-0.3, -0.25) is 4.79 Å². The van der Waals surface area contributed by atoms with Crippen molar-refractivity contribution in [3.8, 4) is 0 Å². The molecule has 4 heteroatoms. The maximum absolute atomic E-state index is 11.0. The van der Waals surface area contributed by atoms with Crippen molar-refractivity contribution in [1.29, 1.82) is 0 Å². The molecule has 16 heavy (non-hydrogen) atoms. The first-order valence-electron chi connectivity index (χ1n) is 5.32. The number of hydrogen-bond acceptors (Lipinski definition) is 3. The van der Waals surface area contributed by atoms with Gasteiger partial charge in [0.1, 0.15) is 0 Å². The van der Waals surface area contributed by atoms with Crippen LogP contribution in [0, 0.1) is 0 Å². The molecule has 1 aliphatic rings. The molecule has 0 saturated carbocycles. The van der Waals surface area contributed by atoms with E-state index in [2.05, 4.69) is 11.8 Å². The van der Waals surface area contributed by atoms with Crippen LogP contribution in [0.2, 0.25) is 5.02 Å². The van der Waals surface area contributed by atoms with Gasteiger partial charge in [0.25, 0.3) is 0 Å². The molecule has 1 unspecified atom stereocenters. The Balaban J connectivity index is 2.28. The first-order chi connectivity index (χ1) is 7.70. The Kier molecular flexibility index (Phi) is 3.77. The fourth-order valence-corrected chi connectivity index (χ4v) is 3.14. The van der Waals surface area contributed by atoms with Gasteiger partial charge in [0, 0.05) is 40.4 Å². The van der Waals surface area contributed by atoms with Crippen molar-refractivity contribution in [2.45, 2.75) is 12.2 Å². The molecule has 1 aliphatic heterocycles. The van der Waals surface area contributed by atoms with Crippen molar-refractivity contribution >= 4 is 35.3 Å². The van der Waals surface area contributed by atoms with Gasteiger partial charge < -0.3 is 4.90 Å². The predicted octanol–water partition coefficient (Wildman–Crippen LogP) is 3.09. The molecule has 0 N–H and O–H groups in total. The molecule has 0 radical (unpaired) electrons. The zero-order chi connectivity index (χ0) is 11.5. The summed E-state index contributed by atoms with van der Waals surface area (Å²) in [6.45, 7) is 4.21. The Labute approximate surface area is 105 Å². The van der Waals surface area contributed by atoms with E-state index in [1.807, 2.05) is 23.9 Å². The Bertz CT molecular complexity index is 397. The van der Waals surface area contributed by atoms with Crippen molar-refractivity contribution in [3.05, 3.63) is 28.8 Å². The van der Waals surface area contributed by atoms with Gasteiger partial charge in [-0.25, -0.2) is 0 Å². The van der Waals surface area contributed by atoms with E-state index in [4.69, 9.17) is 11.6 Å². The van der Waals surface area contributed by atoms with Crippen molar-refractivity contribution in [3.63, 3.8) is 0 Å². The number of halogens is 1. The Morgan fingerprint density at radius 1 is 1.56 bits per heavy atom. The summed E-state index contributed by atoms with van der Waals surface area (Å²) in [6.07, 6.45) is 0.883.